The van der Waals surface area contributed by atoms with Crippen molar-refractivity contribution in [3.8, 4) is 0 Å². The van der Waals surface area contributed by atoms with Crippen LogP contribution in [-0.4, -0.2) is 48.1 Å². The second kappa shape index (κ2) is 9.89. The lowest BCUT2D eigenvalue weighted by atomic mass is 10.2. The Labute approximate surface area is 173 Å². The van der Waals surface area contributed by atoms with Gasteiger partial charge in [-0.25, -0.2) is 13.4 Å². The summed E-state index contributed by atoms with van der Waals surface area (Å²) in [6.45, 7) is 5.08. The van der Waals surface area contributed by atoms with Gasteiger partial charge >= 0.3 is 0 Å². The summed E-state index contributed by atoms with van der Waals surface area (Å²) < 4.78 is 28.9. The van der Waals surface area contributed by atoms with Crippen LogP contribution in [0.15, 0.2) is 46.4 Å². The highest BCUT2D eigenvalue weighted by molar-refractivity contribution is 7.89. The van der Waals surface area contributed by atoms with Crippen molar-refractivity contribution in [2.45, 2.75) is 44.2 Å². The van der Waals surface area contributed by atoms with Crippen molar-refractivity contribution < 1.29 is 8.42 Å². The zero-order valence-corrected chi connectivity index (χ0v) is 18.0. The highest BCUT2D eigenvalue weighted by atomic mass is 32.2. The molecule has 1 saturated heterocycles. The molecule has 29 heavy (non-hydrogen) atoms. The average molecular weight is 419 g/mol. The summed E-state index contributed by atoms with van der Waals surface area (Å²) in [7, 11) is -1.49. The van der Waals surface area contributed by atoms with Gasteiger partial charge in [0.25, 0.3) is 0 Å². The van der Waals surface area contributed by atoms with Gasteiger partial charge in [-0.3, -0.25) is 4.68 Å². The maximum absolute atomic E-state index is 12.7. The van der Waals surface area contributed by atoms with Crippen LogP contribution in [0.2, 0.25) is 0 Å². The molecule has 2 heterocycles. The Hall–Kier alpha value is -2.39. The minimum Gasteiger partial charge on any atom is -0.357 e. The van der Waals surface area contributed by atoms with Crippen LogP contribution < -0.4 is 10.6 Å². The number of nitrogens with one attached hydrogen (secondary N) is 2. The quantitative estimate of drug-likeness (QED) is 0.529. The van der Waals surface area contributed by atoms with Gasteiger partial charge in [0, 0.05) is 32.9 Å². The third-order valence-corrected chi connectivity index (χ3v) is 6.91. The van der Waals surface area contributed by atoms with Crippen molar-refractivity contribution in [1.29, 1.82) is 0 Å². The molecule has 1 fully saturated rings. The van der Waals surface area contributed by atoms with Crippen molar-refractivity contribution in [2.75, 3.05) is 19.6 Å². The molecule has 158 valence electrons. The third-order valence-electron chi connectivity index (χ3n) is 5.00. The molecule has 3 rings (SSSR count). The molecule has 0 aliphatic carbocycles. The van der Waals surface area contributed by atoms with Crippen molar-refractivity contribution in [1.82, 2.24) is 24.7 Å². The molecule has 1 aromatic heterocycles. The fourth-order valence-electron chi connectivity index (χ4n) is 3.28. The highest BCUT2D eigenvalue weighted by Crippen LogP contribution is 2.21. The first-order valence-electron chi connectivity index (χ1n) is 10.1. The van der Waals surface area contributed by atoms with Crippen LogP contribution in [0.3, 0.4) is 0 Å². The van der Waals surface area contributed by atoms with E-state index in [0.717, 1.165) is 37.1 Å². The molecule has 8 nitrogen and oxygen atoms in total. The van der Waals surface area contributed by atoms with Gasteiger partial charge in [0.15, 0.2) is 5.96 Å². The standard InChI is InChI=1S/C20H30N6O2S/c1-3-21-20(23-16-18-11-12-24-25(18)2)22-15-17-7-9-19(10-8-17)29(27,28)26-13-5-4-6-14-26/h7-12H,3-6,13-16H2,1-2H3,(H2,21,22,23). The van der Waals surface area contributed by atoms with Crippen LogP contribution in [0.5, 0.6) is 0 Å². The number of aryl methyl sites for hydroxylation is 1. The normalized spacial score (nSPS) is 16.0. The molecular weight excluding hydrogens is 388 g/mol. The summed E-state index contributed by atoms with van der Waals surface area (Å²) in [5.41, 5.74) is 2.02. The number of sulfonamides is 1. The number of benzene rings is 1. The van der Waals surface area contributed by atoms with Gasteiger partial charge in [-0.05, 0) is 43.5 Å². The van der Waals surface area contributed by atoms with Crippen LogP contribution in [0.1, 0.15) is 37.4 Å². The number of nitrogens with zero attached hydrogens (tertiary/aromatic N) is 4. The maximum Gasteiger partial charge on any atom is 0.243 e. The number of rotatable bonds is 7. The van der Waals surface area contributed by atoms with Gasteiger partial charge in [-0.2, -0.15) is 9.40 Å². The fourth-order valence-corrected chi connectivity index (χ4v) is 4.80. The first-order chi connectivity index (χ1) is 14.0. The van der Waals surface area contributed by atoms with E-state index in [1.54, 1.807) is 22.6 Å². The van der Waals surface area contributed by atoms with Crippen molar-refractivity contribution in [2.24, 2.45) is 12.0 Å². The van der Waals surface area contributed by atoms with Crippen LogP contribution in [0.4, 0.5) is 0 Å². The number of guanidine groups is 1. The molecule has 0 bridgehead atoms. The zero-order chi connectivity index (χ0) is 20.7. The summed E-state index contributed by atoms with van der Waals surface area (Å²) in [6.07, 6.45) is 4.74. The third kappa shape index (κ3) is 5.57. The second-order valence-corrected chi connectivity index (χ2v) is 9.04. The number of hydrogen-bond acceptors (Lipinski definition) is 4. The lowest BCUT2D eigenvalue weighted by Crippen LogP contribution is -2.37. The molecule has 2 N–H and O–H groups in total. The van der Waals surface area contributed by atoms with Crippen LogP contribution in [-0.2, 0) is 30.2 Å². The van der Waals surface area contributed by atoms with Crippen molar-refractivity contribution >= 4 is 16.0 Å². The average Bonchev–Trinajstić information content (AvgIpc) is 3.16. The summed E-state index contributed by atoms with van der Waals surface area (Å²) in [4.78, 5) is 4.95. The topological polar surface area (TPSA) is 91.6 Å². The summed E-state index contributed by atoms with van der Waals surface area (Å²) in [6, 6.07) is 9.00. The molecule has 1 aliphatic heterocycles. The van der Waals surface area contributed by atoms with E-state index in [1.807, 2.05) is 36.9 Å². The summed E-state index contributed by atoms with van der Waals surface area (Å²) >= 11 is 0. The van der Waals surface area contributed by atoms with Gasteiger partial charge in [0.05, 0.1) is 23.7 Å². The van der Waals surface area contributed by atoms with Crippen molar-refractivity contribution in [3.63, 3.8) is 0 Å². The monoisotopic (exact) mass is 418 g/mol. The minimum atomic E-state index is -3.39. The Morgan fingerprint density at radius 2 is 1.83 bits per heavy atom. The van der Waals surface area contributed by atoms with E-state index in [9.17, 15) is 8.42 Å². The summed E-state index contributed by atoms with van der Waals surface area (Å²) in [5, 5.41) is 10.7. The molecule has 1 aliphatic rings. The minimum absolute atomic E-state index is 0.355. The van der Waals surface area contributed by atoms with Crippen LogP contribution in [0.25, 0.3) is 0 Å². The SMILES string of the molecule is CCNC(=NCc1ccc(S(=O)(=O)N2CCCCC2)cc1)NCc1ccnn1C. The molecule has 9 heteroatoms. The number of aromatic nitrogens is 2. The Kier molecular flexibility index (Phi) is 7.27. The molecule has 1 aromatic carbocycles. The second-order valence-electron chi connectivity index (χ2n) is 7.10. The molecule has 0 amide bonds. The van der Waals surface area contributed by atoms with Gasteiger partial charge < -0.3 is 10.6 Å². The highest BCUT2D eigenvalue weighted by Gasteiger charge is 2.25. The van der Waals surface area contributed by atoms with Gasteiger partial charge in [-0.1, -0.05) is 18.6 Å². The van der Waals surface area contributed by atoms with Crippen LogP contribution in [0, 0.1) is 0 Å². The smallest absolute Gasteiger partial charge is 0.243 e. The van der Waals surface area contributed by atoms with E-state index in [2.05, 4.69) is 20.7 Å². The lowest BCUT2D eigenvalue weighted by Gasteiger charge is -2.25. The van der Waals surface area contributed by atoms with E-state index < -0.39 is 10.0 Å². The zero-order valence-electron chi connectivity index (χ0n) is 17.1. The molecule has 2 aromatic rings. The number of piperidine rings is 1. The summed E-state index contributed by atoms with van der Waals surface area (Å²) in [5.74, 6) is 0.707. The number of aliphatic imine (C=N–C) groups is 1. The largest absolute Gasteiger partial charge is 0.357 e. The molecule has 0 radical (unpaired) electrons. The predicted octanol–water partition coefficient (Wildman–Crippen LogP) is 1.85. The Balaban J connectivity index is 1.63. The number of hydrogen-bond donors (Lipinski definition) is 2. The fraction of sp³-hybridized carbons (Fsp3) is 0.500. The molecular formula is C20H30N6O2S. The Morgan fingerprint density at radius 1 is 1.10 bits per heavy atom. The maximum atomic E-state index is 12.7. The lowest BCUT2D eigenvalue weighted by molar-refractivity contribution is 0.346. The molecule has 0 saturated carbocycles. The Morgan fingerprint density at radius 3 is 2.45 bits per heavy atom. The van der Waals surface area contributed by atoms with Gasteiger partial charge in [-0.15, -0.1) is 0 Å². The van der Waals surface area contributed by atoms with Gasteiger partial charge in [0.1, 0.15) is 0 Å². The van der Waals surface area contributed by atoms with E-state index in [0.29, 0.717) is 37.0 Å². The predicted molar refractivity (Wildman–Crippen MR) is 114 cm³/mol. The van der Waals surface area contributed by atoms with Crippen LogP contribution >= 0.6 is 0 Å². The molecule has 0 unspecified atom stereocenters. The van der Waals surface area contributed by atoms with E-state index in [-0.39, 0.29) is 0 Å². The van der Waals surface area contributed by atoms with Crippen molar-refractivity contribution in [3.05, 3.63) is 47.8 Å². The first kappa shape index (κ1) is 21.3. The van der Waals surface area contributed by atoms with E-state index >= 15 is 0 Å². The van der Waals surface area contributed by atoms with E-state index in [1.165, 1.54) is 0 Å². The van der Waals surface area contributed by atoms with E-state index in [4.69, 9.17) is 0 Å². The Bertz CT molecular complexity index is 915. The molecule has 0 atom stereocenters. The molecule has 0 spiro atoms. The van der Waals surface area contributed by atoms with Gasteiger partial charge in [0.2, 0.25) is 10.0 Å². The first-order valence-corrected chi connectivity index (χ1v) is 11.5.